The molecule has 0 saturated heterocycles. The second kappa shape index (κ2) is 5.37. The van der Waals surface area contributed by atoms with Crippen molar-refractivity contribution in [1.82, 2.24) is 15.0 Å². The van der Waals surface area contributed by atoms with Crippen molar-refractivity contribution in [3.05, 3.63) is 35.0 Å². The van der Waals surface area contributed by atoms with Crippen LogP contribution in [0.5, 0.6) is 5.75 Å². The molecule has 2 aromatic heterocycles. The SMILES string of the molecule is CCOc1cncc(-c2nc(C3CC3)nc(Cl)c2C)c1. The Morgan fingerprint density at radius 2 is 2.10 bits per heavy atom. The molecular formula is C15H16ClN3O. The normalized spacial score (nSPS) is 14.3. The van der Waals surface area contributed by atoms with E-state index in [2.05, 4.69) is 15.0 Å². The van der Waals surface area contributed by atoms with Gasteiger partial charge in [0.1, 0.15) is 16.7 Å². The molecular weight excluding hydrogens is 274 g/mol. The van der Waals surface area contributed by atoms with Crippen LogP contribution in [0.4, 0.5) is 0 Å². The largest absolute Gasteiger partial charge is 0.492 e. The molecule has 104 valence electrons. The lowest BCUT2D eigenvalue weighted by Crippen LogP contribution is -2.00. The predicted molar refractivity (Wildman–Crippen MR) is 78.2 cm³/mol. The van der Waals surface area contributed by atoms with Crippen LogP contribution in [0.15, 0.2) is 18.5 Å². The second-order valence-corrected chi connectivity index (χ2v) is 5.32. The predicted octanol–water partition coefficient (Wildman–Crippen LogP) is 3.78. The first-order valence-corrected chi connectivity index (χ1v) is 7.19. The fourth-order valence-electron chi connectivity index (χ4n) is 2.10. The van der Waals surface area contributed by atoms with E-state index in [0.29, 0.717) is 17.7 Å². The lowest BCUT2D eigenvalue weighted by molar-refractivity contribution is 0.339. The summed E-state index contributed by atoms with van der Waals surface area (Å²) < 4.78 is 5.49. The number of hydrogen-bond acceptors (Lipinski definition) is 4. The van der Waals surface area contributed by atoms with Gasteiger partial charge in [-0.15, -0.1) is 0 Å². The Bertz CT molecular complexity index is 641. The van der Waals surface area contributed by atoms with E-state index in [1.54, 1.807) is 12.4 Å². The molecule has 0 aliphatic heterocycles. The molecule has 2 heterocycles. The third kappa shape index (κ3) is 2.61. The van der Waals surface area contributed by atoms with E-state index in [4.69, 9.17) is 16.3 Å². The van der Waals surface area contributed by atoms with Crippen LogP contribution in [0, 0.1) is 6.92 Å². The molecule has 0 radical (unpaired) electrons. The maximum atomic E-state index is 6.24. The Morgan fingerprint density at radius 1 is 1.30 bits per heavy atom. The van der Waals surface area contributed by atoms with E-state index in [0.717, 1.165) is 41.2 Å². The Morgan fingerprint density at radius 3 is 2.80 bits per heavy atom. The van der Waals surface area contributed by atoms with Crippen molar-refractivity contribution in [2.45, 2.75) is 32.6 Å². The van der Waals surface area contributed by atoms with Gasteiger partial charge in [0.25, 0.3) is 0 Å². The summed E-state index contributed by atoms with van der Waals surface area (Å²) in [6.07, 6.45) is 5.78. The fourth-order valence-corrected chi connectivity index (χ4v) is 2.28. The van der Waals surface area contributed by atoms with Crippen LogP contribution >= 0.6 is 11.6 Å². The molecule has 1 aliphatic rings. The molecule has 0 spiro atoms. The monoisotopic (exact) mass is 289 g/mol. The number of nitrogens with zero attached hydrogens (tertiary/aromatic N) is 3. The van der Waals surface area contributed by atoms with Crippen molar-refractivity contribution in [2.75, 3.05) is 6.61 Å². The first kappa shape index (κ1) is 13.3. The van der Waals surface area contributed by atoms with Gasteiger partial charge in [-0.2, -0.15) is 0 Å². The minimum Gasteiger partial charge on any atom is -0.492 e. The van der Waals surface area contributed by atoms with Gasteiger partial charge >= 0.3 is 0 Å². The summed E-state index contributed by atoms with van der Waals surface area (Å²) in [6.45, 7) is 4.49. The van der Waals surface area contributed by atoms with Gasteiger partial charge in [0.15, 0.2) is 0 Å². The molecule has 1 saturated carbocycles. The summed E-state index contributed by atoms with van der Waals surface area (Å²) in [7, 11) is 0. The molecule has 0 bridgehead atoms. The van der Waals surface area contributed by atoms with Gasteiger partial charge < -0.3 is 4.74 Å². The highest BCUT2D eigenvalue weighted by Gasteiger charge is 2.28. The molecule has 1 aliphatic carbocycles. The quantitative estimate of drug-likeness (QED) is 0.804. The molecule has 20 heavy (non-hydrogen) atoms. The zero-order chi connectivity index (χ0) is 14.1. The fraction of sp³-hybridized carbons (Fsp3) is 0.400. The van der Waals surface area contributed by atoms with Gasteiger partial charge in [0, 0.05) is 23.2 Å². The molecule has 0 aromatic carbocycles. The summed E-state index contributed by atoms with van der Waals surface area (Å²) >= 11 is 6.24. The molecule has 0 amide bonds. The molecule has 4 nitrogen and oxygen atoms in total. The van der Waals surface area contributed by atoms with Crippen molar-refractivity contribution in [3.63, 3.8) is 0 Å². The first-order chi connectivity index (χ1) is 9.69. The number of rotatable bonds is 4. The van der Waals surface area contributed by atoms with E-state index in [9.17, 15) is 0 Å². The van der Waals surface area contributed by atoms with Gasteiger partial charge in [0.2, 0.25) is 0 Å². The van der Waals surface area contributed by atoms with Crippen molar-refractivity contribution < 1.29 is 4.74 Å². The van der Waals surface area contributed by atoms with Gasteiger partial charge in [-0.1, -0.05) is 11.6 Å². The number of ether oxygens (including phenoxy) is 1. The van der Waals surface area contributed by atoms with Crippen LogP contribution in [0.3, 0.4) is 0 Å². The number of hydrogen-bond donors (Lipinski definition) is 0. The molecule has 1 fully saturated rings. The maximum absolute atomic E-state index is 6.24. The van der Waals surface area contributed by atoms with Crippen LogP contribution in [-0.4, -0.2) is 21.6 Å². The summed E-state index contributed by atoms with van der Waals surface area (Å²) in [6, 6.07) is 1.94. The van der Waals surface area contributed by atoms with Crippen LogP contribution in [0.25, 0.3) is 11.3 Å². The van der Waals surface area contributed by atoms with Crippen LogP contribution in [-0.2, 0) is 0 Å². The molecule has 0 N–H and O–H groups in total. The Balaban J connectivity index is 2.06. The Hall–Kier alpha value is -1.68. The minimum atomic E-state index is 0.467. The van der Waals surface area contributed by atoms with Gasteiger partial charge in [-0.25, -0.2) is 9.97 Å². The van der Waals surface area contributed by atoms with Crippen molar-refractivity contribution in [1.29, 1.82) is 0 Å². The second-order valence-electron chi connectivity index (χ2n) is 4.96. The van der Waals surface area contributed by atoms with E-state index < -0.39 is 0 Å². The standard InChI is InChI=1S/C15H16ClN3O/c1-3-20-12-6-11(7-17-8-12)13-9(2)14(16)19-15(18-13)10-4-5-10/h6-8,10H,3-5H2,1-2H3. The van der Waals surface area contributed by atoms with Crippen LogP contribution in [0.1, 0.15) is 37.1 Å². The number of pyridine rings is 1. The smallest absolute Gasteiger partial charge is 0.138 e. The van der Waals surface area contributed by atoms with E-state index in [-0.39, 0.29) is 0 Å². The van der Waals surface area contributed by atoms with Gasteiger partial charge in [-0.05, 0) is 32.8 Å². The lowest BCUT2D eigenvalue weighted by Gasteiger charge is -2.10. The Kier molecular flexibility index (Phi) is 3.57. The van der Waals surface area contributed by atoms with Crippen molar-refractivity contribution >= 4 is 11.6 Å². The van der Waals surface area contributed by atoms with Crippen LogP contribution in [0.2, 0.25) is 5.15 Å². The maximum Gasteiger partial charge on any atom is 0.138 e. The van der Waals surface area contributed by atoms with Crippen LogP contribution < -0.4 is 4.74 Å². The van der Waals surface area contributed by atoms with E-state index in [1.807, 2.05) is 19.9 Å². The summed E-state index contributed by atoms with van der Waals surface area (Å²) in [5.41, 5.74) is 2.65. The highest BCUT2D eigenvalue weighted by molar-refractivity contribution is 6.30. The minimum absolute atomic E-state index is 0.467. The molecule has 3 rings (SSSR count). The third-order valence-corrected chi connectivity index (χ3v) is 3.71. The lowest BCUT2D eigenvalue weighted by atomic mass is 10.1. The zero-order valence-corrected chi connectivity index (χ0v) is 12.3. The molecule has 5 heteroatoms. The molecule has 0 unspecified atom stereocenters. The number of halogens is 1. The Labute approximate surface area is 123 Å². The highest BCUT2D eigenvalue weighted by atomic mass is 35.5. The topological polar surface area (TPSA) is 47.9 Å². The van der Waals surface area contributed by atoms with E-state index >= 15 is 0 Å². The number of aromatic nitrogens is 3. The summed E-state index contributed by atoms with van der Waals surface area (Å²) in [5.74, 6) is 2.06. The zero-order valence-electron chi connectivity index (χ0n) is 11.6. The van der Waals surface area contributed by atoms with Gasteiger partial charge in [0.05, 0.1) is 18.5 Å². The molecule has 2 aromatic rings. The average molecular weight is 290 g/mol. The highest BCUT2D eigenvalue weighted by Crippen LogP contribution is 2.40. The van der Waals surface area contributed by atoms with Crippen molar-refractivity contribution in [3.8, 4) is 17.0 Å². The van der Waals surface area contributed by atoms with Gasteiger partial charge in [-0.3, -0.25) is 4.98 Å². The first-order valence-electron chi connectivity index (χ1n) is 6.81. The molecule has 0 atom stereocenters. The van der Waals surface area contributed by atoms with Crippen molar-refractivity contribution in [2.24, 2.45) is 0 Å². The third-order valence-electron chi connectivity index (χ3n) is 3.34. The summed E-state index contributed by atoms with van der Waals surface area (Å²) in [5, 5.41) is 0.527. The summed E-state index contributed by atoms with van der Waals surface area (Å²) in [4.78, 5) is 13.3. The van der Waals surface area contributed by atoms with E-state index in [1.165, 1.54) is 0 Å². The average Bonchev–Trinajstić information content (AvgIpc) is 3.27.